The summed E-state index contributed by atoms with van der Waals surface area (Å²) in [6.45, 7) is 3.94. The van der Waals surface area contributed by atoms with Crippen LogP contribution in [0.3, 0.4) is 0 Å². The molecule has 2 aliphatic heterocycles. The Hall–Kier alpha value is -1.10. The summed E-state index contributed by atoms with van der Waals surface area (Å²) in [6, 6.07) is 7.79. The Morgan fingerprint density at radius 1 is 1.43 bits per heavy atom. The normalized spacial score (nSPS) is 23.9. The second kappa shape index (κ2) is 7.20. The zero-order valence-corrected chi connectivity index (χ0v) is 14.4. The predicted octanol–water partition coefficient (Wildman–Crippen LogP) is 2.46. The van der Waals surface area contributed by atoms with E-state index < -0.39 is 5.41 Å². The Bertz CT molecular complexity index is 558. The summed E-state index contributed by atoms with van der Waals surface area (Å²) in [5, 5.41) is 3.91. The van der Waals surface area contributed by atoms with Crippen LogP contribution in [0.25, 0.3) is 0 Å². The number of likely N-dealkylation sites (tertiary alicyclic amines) is 1. The van der Waals surface area contributed by atoms with Gasteiger partial charge >= 0.3 is 0 Å². The molecular formula is C18H25ClN2O2. The van der Waals surface area contributed by atoms with E-state index in [0.717, 1.165) is 44.5 Å². The van der Waals surface area contributed by atoms with Crippen molar-refractivity contribution in [2.45, 2.75) is 24.7 Å². The topological polar surface area (TPSA) is 41.6 Å². The summed E-state index contributed by atoms with van der Waals surface area (Å²) < 4.78 is 5.54. The molecule has 126 valence electrons. The smallest absolute Gasteiger partial charge is 0.233 e. The highest BCUT2D eigenvalue weighted by molar-refractivity contribution is 6.30. The molecule has 0 saturated carbocycles. The molecule has 4 nitrogen and oxygen atoms in total. The van der Waals surface area contributed by atoms with E-state index in [1.807, 2.05) is 36.2 Å². The summed E-state index contributed by atoms with van der Waals surface area (Å²) in [4.78, 5) is 15.4. The molecule has 1 aromatic carbocycles. The van der Waals surface area contributed by atoms with Gasteiger partial charge in [-0.15, -0.1) is 0 Å². The van der Waals surface area contributed by atoms with Crippen LogP contribution in [0.15, 0.2) is 24.3 Å². The van der Waals surface area contributed by atoms with Crippen molar-refractivity contribution in [3.05, 3.63) is 34.9 Å². The molecule has 2 fully saturated rings. The molecule has 2 saturated heterocycles. The van der Waals surface area contributed by atoms with Crippen molar-refractivity contribution in [3.8, 4) is 0 Å². The molecule has 2 heterocycles. The molecule has 0 spiro atoms. The predicted molar refractivity (Wildman–Crippen MR) is 91.8 cm³/mol. The minimum Gasteiger partial charge on any atom is -0.381 e. The molecule has 0 aliphatic carbocycles. The molecule has 1 N–H and O–H groups in total. The highest BCUT2D eigenvalue weighted by Crippen LogP contribution is 2.38. The number of ether oxygens (including phenoxy) is 1. The van der Waals surface area contributed by atoms with Gasteiger partial charge in [0.15, 0.2) is 0 Å². The first-order valence-corrected chi connectivity index (χ1v) is 8.81. The van der Waals surface area contributed by atoms with Crippen LogP contribution in [0.1, 0.15) is 24.8 Å². The Morgan fingerprint density at radius 2 is 2.22 bits per heavy atom. The van der Waals surface area contributed by atoms with E-state index in [-0.39, 0.29) is 5.91 Å². The lowest BCUT2D eigenvalue weighted by Gasteiger charge is -2.39. The number of hydrogen-bond acceptors (Lipinski definition) is 3. The van der Waals surface area contributed by atoms with Crippen LogP contribution in [-0.4, -0.2) is 50.7 Å². The second-order valence-corrected chi connectivity index (χ2v) is 7.10. The maximum atomic E-state index is 13.4. The molecule has 3 rings (SSSR count). The van der Waals surface area contributed by atoms with Gasteiger partial charge in [-0.05, 0) is 56.5 Å². The Morgan fingerprint density at radius 3 is 2.91 bits per heavy atom. The van der Waals surface area contributed by atoms with Gasteiger partial charge in [-0.2, -0.15) is 0 Å². The average molecular weight is 337 g/mol. The van der Waals surface area contributed by atoms with Gasteiger partial charge in [0, 0.05) is 31.3 Å². The second-order valence-electron chi connectivity index (χ2n) is 6.67. The lowest BCUT2D eigenvalue weighted by Crippen LogP contribution is -2.49. The van der Waals surface area contributed by atoms with Crippen LogP contribution < -0.4 is 5.32 Å². The molecule has 0 radical (unpaired) electrons. The zero-order valence-electron chi connectivity index (χ0n) is 13.7. The molecule has 0 bridgehead atoms. The molecule has 1 atom stereocenters. The number of amides is 1. The van der Waals surface area contributed by atoms with Crippen molar-refractivity contribution in [1.82, 2.24) is 10.2 Å². The Kier molecular flexibility index (Phi) is 5.24. The molecule has 2 aliphatic rings. The third-order valence-corrected chi connectivity index (χ3v) is 5.43. The largest absolute Gasteiger partial charge is 0.381 e. The van der Waals surface area contributed by atoms with E-state index in [9.17, 15) is 4.79 Å². The fraction of sp³-hybridized carbons (Fsp3) is 0.611. The first-order chi connectivity index (χ1) is 11.2. The molecule has 0 aromatic heterocycles. The van der Waals surface area contributed by atoms with Crippen molar-refractivity contribution in [1.29, 1.82) is 0 Å². The van der Waals surface area contributed by atoms with Crippen molar-refractivity contribution in [3.63, 3.8) is 0 Å². The first-order valence-electron chi connectivity index (χ1n) is 8.43. The highest BCUT2D eigenvalue weighted by Gasteiger charge is 2.45. The summed E-state index contributed by atoms with van der Waals surface area (Å²) in [7, 11) is 1.97. The van der Waals surface area contributed by atoms with Gasteiger partial charge < -0.3 is 15.0 Å². The van der Waals surface area contributed by atoms with Crippen molar-refractivity contribution >= 4 is 17.5 Å². The lowest BCUT2D eigenvalue weighted by atomic mass is 9.73. The monoisotopic (exact) mass is 336 g/mol. The fourth-order valence-electron chi connectivity index (χ4n) is 3.91. The molecule has 1 aromatic rings. The van der Waals surface area contributed by atoms with Gasteiger partial charge in [0.1, 0.15) is 0 Å². The van der Waals surface area contributed by atoms with Gasteiger partial charge in [0.05, 0.1) is 5.41 Å². The van der Waals surface area contributed by atoms with Gasteiger partial charge in [-0.25, -0.2) is 0 Å². The van der Waals surface area contributed by atoms with Crippen molar-refractivity contribution < 1.29 is 9.53 Å². The van der Waals surface area contributed by atoms with Gasteiger partial charge in [0.2, 0.25) is 5.91 Å². The number of carbonyl (C=O) groups is 1. The van der Waals surface area contributed by atoms with E-state index in [4.69, 9.17) is 16.3 Å². The number of nitrogens with zero attached hydrogens (tertiary/aromatic N) is 1. The van der Waals surface area contributed by atoms with E-state index in [0.29, 0.717) is 24.2 Å². The summed E-state index contributed by atoms with van der Waals surface area (Å²) in [5.74, 6) is 0.807. The first kappa shape index (κ1) is 16.7. The van der Waals surface area contributed by atoms with E-state index in [1.165, 1.54) is 0 Å². The minimum absolute atomic E-state index is 0.252. The Balaban J connectivity index is 1.86. The number of carbonyl (C=O) groups excluding carboxylic acids is 1. The SMILES string of the molecule is CNC[C@@H]1CCN(C(=O)C2(c3cccc(Cl)c3)CCOCC2)C1. The van der Waals surface area contributed by atoms with Crippen LogP contribution in [0.4, 0.5) is 0 Å². The summed E-state index contributed by atoms with van der Waals surface area (Å²) in [6.07, 6.45) is 2.55. The molecule has 5 heteroatoms. The molecule has 23 heavy (non-hydrogen) atoms. The third-order valence-electron chi connectivity index (χ3n) is 5.20. The van der Waals surface area contributed by atoms with E-state index in [2.05, 4.69) is 5.32 Å². The van der Waals surface area contributed by atoms with Crippen LogP contribution >= 0.6 is 11.6 Å². The van der Waals surface area contributed by atoms with Crippen molar-refractivity contribution in [2.75, 3.05) is 39.9 Å². The van der Waals surface area contributed by atoms with Crippen LogP contribution in [-0.2, 0) is 14.9 Å². The number of nitrogens with one attached hydrogen (secondary N) is 1. The maximum Gasteiger partial charge on any atom is 0.233 e. The van der Waals surface area contributed by atoms with Crippen LogP contribution in [0, 0.1) is 5.92 Å². The average Bonchev–Trinajstić information content (AvgIpc) is 3.04. The van der Waals surface area contributed by atoms with Gasteiger partial charge in [-0.3, -0.25) is 4.79 Å². The van der Waals surface area contributed by atoms with E-state index in [1.54, 1.807) is 0 Å². The molecule has 0 unspecified atom stereocenters. The maximum absolute atomic E-state index is 13.4. The third kappa shape index (κ3) is 3.39. The van der Waals surface area contributed by atoms with Gasteiger partial charge in [0.25, 0.3) is 0 Å². The molecule has 1 amide bonds. The van der Waals surface area contributed by atoms with Crippen LogP contribution in [0.2, 0.25) is 5.02 Å². The highest BCUT2D eigenvalue weighted by atomic mass is 35.5. The van der Waals surface area contributed by atoms with Crippen LogP contribution in [0.5, 0.6) is 0 Å². The number of halogens is 1. The summed E-state index contributed by atoms with van der Waals surface area (Å²) in [5.41, 5.74) is 0.563. The minimum atomic E-state index is -0.475. The zero-order chi connectivity index (χ0) is 16.3. The van der Waals surface area contributed by atoms with Gasteiger partial charge in [-0.1, -0.05) is 23.7 Å². The van der Waals surface area contributed by atoms with E-state index >= 15 is 0 Å². The number of rotatable bonds is 4. The molecular weight excluding hydrogens is 312 g/mol. The standard InChI is InChI=1S/C18H25ClN2O2/c1-20-12-14-5-8-21(13-14)17(22)18(6-9-23-10-7-18)15-3-2-4-16(19)11-15/h2-4,11,14,20H,5-10,12-13H2,1H3/t14-/m0/s1. The number of benzene rings is 1. The summed E-state index contributed by atoms with van der Waals surface area (Å²) >= 11 is 6.19. The quantitative estimate of drug-likeness (QED) is 0.918. The Labute approximate surface area is 143 Å². The van der Waals surface area contributed by atoms with Crippen molar-refractivity contribution in [2.24, 2.45) is 5.92 Å². The fourth-order valence-corrected chi connectivity index (χ4v) is 4.10. The lowest BCUT2D eigenvalue weighted by molar-refractivity contribution is -0.140. The number of hydrogen-bond donors (Lipinski definition) is 1.